The van der Waals surface area contributed by atoms with Crippen LogP contribution in [0, 0.1) is 17.1 Å². The average molecular weight is 259 g/mol. The molecule has 5 heteroatoms. The highest BCUT2D eigenvalue weighted by atomic mass is 19.1. The summed E-state index contributed by atoms with van der Waals surface area (Å²) in [6.45, 7) is 2.40. The monoisotopic (exact) mass is 259 g/mol. The number of ether oxygens (including phenoxy) is 1. The highest BCUT2D eigenvalue weighted by Gasteiger charge is 2.18. The number of halogens is 1. The maximum atomic E-state index is 13.9. The molecule has 2 aromatic rings. The standard InChI is InChI=1S/C14H14FN3O/c1-3-11-10(9-18-6-4-5-17-18)7-13(15)12(8-16)14(11)19-2/h4-7H,3,9H2,1-2H3. The lowest BCUT2D eigenvalue weighted by Gasteiger charge is -2.15. The fourth-order valence-corrected chi connectivity index (χ4v) is 2.14. The largest absolute Gasteiger partial charge is 0.495 e. The highest BCUT2D eigenvalue weighted by Crippen LogP contribution is 2.30. The van der Waals surface area contributed by atoms with Gasteiger partial charge in [-0.3, -0.25) is 4.68 Å². The van der Waals surface area contributed by atoms with E-state index >= 15 is 0 Å². The normalized spacial score (nSPS) is 10.2. The van der Waals surface area contributed by atoms with Crippen molar-refractivity contribution in [1.29, 1.82) is 5.26 Å². The molecular formula is C14H14FN3O. The molecule has 98 valence electrons. The molecule has 0 spiro atoms. The zero-order valence-corrected chi connectivity index (χ0v) is 10.9. The van der Waals surface area contributed by atoms with Crippen LogP contribution in [-0.4, -0.2) is 16.9 Å². The Labute approximate surface area is 111 Å². The molecule has 1 aromatic heterocycles. The van der Waals surface area contributed by atoms with Crippen LogP contribution in [0.15, 0.2) is 24.5 Å². The van der Waals surface area contributed by atoms with Crippen LogP contribution in [0.3, 0.4) is 0 Å². The van der Waals surface area contributed by atoms with Crippen molar-refractivity contribution in [2.24, 2.45) is 0 Å². The summed E-state index contributed by atoms with van der Waals surface area (Å²) in [5.41, 5.74) is 1.58. The number of aromatic nitrogens is 2. The molecule has 0 atom stereocenters. The summed E-state index contributed by atoms with van der Waals surface area (Å²) in [7, 11) is 1.45. The van der Waals surface area contributed by atoms with E-state index < -0.39 is 5.82 Å². The molecule has 0 bridgehead atoms. The van der Waals surface area contributed by atoms with Crippen LogP contribution in [0.2, 0.25) is 0 Å². The molecule has 0 aliphatic carbocycles. The van der Waals surface area contributed by atoms with E-state index in [1.807, 2.05) is 25.3 Å². The summed E-state index contributed by atoms with van der Waals surface area (Å²) in [6.07, 6.45) is 4.14. The Morgan fingerprint density at radius 1 is 1.53 bits per heavy atom. The molecule has 0 aliphatic rings. The van der Waals surface area contributed by atoms with Crippen molar-refractivity contribution >= 4 is 0 Å². The minimum absolute atomic E-state index is 0.0384. The molecule has 0 aliphatic heterocycles. The van der Waals surface area contributed by atoms with Crippen molar-refractivity contribution in [2.45, 2.75) is 19.9 Å². The van der Waals surface area contributed by atoms with E-state index in [9.17, 15) is 4.39 Å². The van der Waals surface area contributed by atoms with Gasteiger partial charge in [-0.15, -0.1) is 0 Å². The maximum Gasteiger partial charge on any atom is 0.145 e. The molecule has 2 rings (SSSR count). The third-order valence-corrected chi connectivity index (χ3v) is 2.99. The van der Waals surface area contributed by atoms with Crippen molar-refractivity contribution in [1.82, 2.24) is 9.78 Å². The first-order valence-corrected chi connectivity index (χ1v) is 5.97. The van der Waals surface area contributed by atoms with E-state index in [1.165, 1.54) is 13.2 Å². The van der Waals surface area contributed by atoms with Gasteiger partial charge in [0.15, 0.2) is 0 Å². The van der Waals surface area contributed by atoms with Crippen molar-refractivity contribution in [3.8, 4) is 11.8 Å². The molecule has 19 heavy (non-hydrogen) atoms. The van der Waals surface area contributed by atoms with Gasteiger partial charge in [0.25, 0.3) is 0 Å². The van der Waals surface area contributed by atoms with Gasteiger partial charge in [-0.2, -0.15) is 10.4 Å². The molecule has 0 fully saturated rings. The van der Waals surface area contributed by atoms with Gasteiger partial charge in [-0.05, 0) is 24.1 Å². The van der Waals surface area contributed by atoms with E-state index in [0.29, 0.717) is 18.7 Å². The van der Waals surface area contributed by atoms with Crippen molar-refractivity contribution in [3.63, 3.8) is 0 Å². The third kappa shape index (κ3) is 2.43. The summed E-state index contributed by atoms with van der Waals surface area (Å²) < 4.78 is 20.8. The summed E-state index contributed by atoms with van der Waals surface area (Å²) in [4.78, 5) is 0. The molecule has 0 radical (unpaired) electrons. The smallest absolute Gasteiger partial charge is 0.145 e. The first-order valence-electron chi connectivity index (χ1n) is 5.97. The van der Waals surface area contributed by atoms with Crippen LogP contribution in [0.1, 0.15) is 23.6 Å². The first-order chi connectivity index (χ1) is 9.21. The van der Waals surface area contributed by atoms with Gasteiger partial charge in [0.05, 0.1) is 13.7 Å². The van der Waals surface area contributed by atoms with Gasteiger partial charge in [-0.25, -0.2) is 4.39 Å². The summed E-state index contributed by atoms with van der Waals surface area (Å²) in [5.74, 6) is -0.231. The molecule has 0 saturated heterocycles. The number of rotatable bonds is 4. The Morgan fingerprint density at radius 3 is 2.84 bits per heavy atom. The highest BCUT2D eigenvalue weighted by molar-refractivity contribution is 5.53. The fraction of sp³-hybridized carbons (Fsp3) is 0.286. The first kappa shape index (κ1) is 13.1. The van der Waals surface area contributed by atoms with Crippen LogP contribution in [0.4, 0.5) is 4.39 Å². The minimum Gasteiger partial charge on any atom is -0.495 e. The number of methoxy groups -OCH3 is 1. The van der Waals surface area contributed by atoms with Crippen molar-refractivity contribution in [3.05, 3.63) is 47.0 Å². The Kier molecular flexibility index (Phi) is 3.81. The summed E-state index contributed by atoms with van der Waals surface area (Å²) in [6, 6.07) is 5.05. The number of nitriles is 1. The van der Waals surface area contributed by atoms with Gasteiger partial charge in [0.1, 0.15) is 23.2 Å². The van der Waals surface area contributed by atoms with E-state index in [0.717, 1.165) is 11.1 Å². The van der Waals surface area contributed by atoms with Gasteiger partial charge in [0.2, 0.25) is 0 Å². The minimum atomic E-state index is -0.557. The Bertz CT molecular complexity index is 615. The topological polar surface area (TPSA) is 50.8 Å². The lowest BCUT2D eigenvalue weighted by molar-refractivity contribution is 0.403. The Balaban J connectivity index is 2.55. The molecule has 1 aromatic carbocycles. The molecule has 0 amide bonds. The molecule has 0 unspecified atom stereocenters. The second-order valence-electron chi connectivity index (χ2n) is 4.07. The quantitative estimate of drug-likeness (QED) is 0.847. The number of hydrogen-bond donors (Lipinski definition) is 0. The second kappa shape index (κ2) is 5.53. The van der Waals surface area contributed by atoms with Crippen LogP contribution in [0.5, 0.6) is 5.75 Å². The lowest BCUT2D eigenvalue weighted by Crippen LogP contribution is -2.07. The lowest BCUT2D eigenvalue weighted by atomic mass is 9.99. The van der Waals surface area contributed by atoms with E-state index in [2.05, 4.69) is 5.10 Å². The van der Waals surface area contributed by atoms with Crippen LogP contribution >= 0.6 is 0 Å². The molecule has 0 saturated carbocycles. The van der Waals surface area contributed by atoms with Gasteiger partial charge < -0.3 is 4.74 Å². The molecular weight excluding hydrogens is 245 g/mol. The average Bonchev–Trinajstić information content (AvgIpc) is 2.90. The molecule has 1 heterocycles. The molecule has 4 nitrogen and oxygen atoms in total. The number of nitrogens with zero attached hydrogens (tertiary/aromatic N) is 3. The number of benzene rings is 1. The van der Waals surface area contributed by atoms with E-state index in [-0.39, 0.29) is 5.56 Å². The number of hydrogen-bond acceptors (Lipinski definition) is 3. The maximum absolute atomic E-state index is 13.9. The summed E-state index contributed by atoms with van der Waals surface area (Å²) in [5, 5.41) is 13.1. The van der Waals surface area contributed by atoms with Gasteiger partial charge in [0, 0.05) is 18.0 Å². The van der Waals surface area contributed by atoms with Gasteiger partial charge >= 0.3 is 0 Å². The zero-order valence-electron chi connectivity index (χ0n) is 10.9. The predicted molar refractivity (Wildman–Crippen MR) is 68.4 cm³/mol. The van der Waals surface area contributed by atoms with E-state index in [4.69, 9.17) is 10.00 Å². The third-order valence-electron chi connectivity index (χ3n) is 2.99. The predicted octanol–water partition coefficient (Wildman–Crippen LogP) is 2.51. The van der Waals surface area contributed by atoms with Crippen LogP contribution in [0.25, 0.3) is 0 Å². The van der Waals surface area contributed by atoms with Crippen molar-refractivity contribution in [2.75, 3.05) is 7.11 Å². The Hall–Kier alpha value is -2.35. The van der Waals surface area contributed by atoms with Crippen molar-refractivity contribution < 1.29 is 9.13 Å². The fourth-order valence-electron chi connectivity index (χ4n) is 2.14. The van der Waals surface area contributed by atoms with Gasteiger partial charge in [-0.1, -0.05) is 6.92 Å². The Morgan fingerprint density at radius 2 is 2.32 bits per heavy atom. The zero-order chi connectivity index (χ0) is 13.8. The summed E-state index contributed by atoms with van der Waals surface area (Å²) >= 11 is 0. The SMILES string of the molecule is CCc1c(Cn2cccn2)cc(F)c(C#N)c1OC. The molecule has 0 N–H and O–H groups in total. The second-order valence-corrected chi connectivity index (χ2v) is 4.07. The van der Waals surface area contributed by atoms with Crippen LogP contribution in [-0.2, 0) is 13.0 Å². The van der Waals surface area contributed by atoms with E-state index in [1.54, 1.807) is 10.9 Å². The van der Waals surface area contributed by atoms with Crippen LogP contribution < -0.4 is 4.74 Å².